The SMILES string of the molecule is CC1(C)c2ccccc2-c2ccc(-c3ccc(N(c4ccc(-c5cccc(-c6cccc7ccccc67)c5)cc4)c4ccc(-c5cccc6oc7ccccc7c56)cc4)cc3)cc21. The van der Waals surface area contributed by atoms with Gasteiger partial charge >= 0.3 is 0 Å². The second-order valence-electron chi connectivity index (χ2n) is 17.3. The lowest BCUT2D eigenvalue weighted by molar-refractivity contribution is 0.660. The normalized spacial score (nSPS) is 12.7. The Kier molecular flexibility index (Phi) is 8.55. The van der Waals surface area contributed by atoms with Crippen molar-refractivity contribution in [2.24, 2.45) is 0 Å². The zero-order valence-corrected chi connectivity index (χ0v) is 35.2. The summed E-state index contributed by atoms with van der Waals surface area (Å²) in [5, 5.41) is 4.79. The van der Waals surface area contributed by atoms with Crippen LogP contribution in [0.1, 0.15) is 25.0 Å². The Morgan fingerprint density at radius 1 is 0.333 bits per heavy atom. The number of rotatable bonds is 7. The van der Waals surface area contributed by atoms with E-state index in [0.29, 0.717) is 0 Å². The predicted octanol–water partition coefficient (Wildman–Crippen LogP) is 17.2. The van der Waals surface area contributed by atoms with E-state index in [-0.39, 0.29) is 5.41 Å². The highest BCUT2D eigenvalue weighted by atomic mass is 16.3. The van der Waals surface area contributed by atoms with Crippen LogP contribution >= 0.6 is 0 Å². The first-order valence-electron chi connectivity index (χ1n) is 21.8. The summed E-state index contributed by atoms with van der Waals surface area (Å²) >= 11 is 0. The Balaban J connectivity index is 0.919. The fourth-order valence-electron chi connectivity index (χ4n) is 10.1. The van der Waals surface area contributed by atoms with E-state index < -0.39 is 0 Å². The Labute approximate surface area is 368 Å². The number of hydrogen-bond acceptors (Lipinski definition) is 2. The zero-order valence-electron chi connectivity index (χ0n) is 35.2. The first kappa shape index (κ1) is 36.9. The van der Waals surface area contributed by atoms with Crippen molar-refractivity contribution in [2.75, 3.05) is 4.90 Å². The molecular weight excluding hydrogens is 763 g/mol. The number of hydrogen-bond donors (Lipinski definition) is 0. The largest absolute Gasteiger partial charge is 0.456 e. The van der Waals surface area contributed by atoms with Gasteiger partial charge in [0, 0.05) is 33.2 Å². The maximum absolute atomic E-state index is 6.26. The van der Waals surface area contributed by atoms with Gasteiger partial charge in [-0.05, 0) is 138 Å². The molecule has 11 aromatic rings. The molecule has 0 amide bonds. The standard InChI is InChI=1S/C61H43NO/c1-61(2)56-21-7-5-17-53(56)54-37-30-45(39-57(54)61)41-26-33-48(34-27-41)62(49-35-28-43(29-36-49)52-20-11-23-59-60(52)55-18-6-8-22-58(55)63-59)47-31-24-40(25-32-47)44-14-9-15-46(38-44)51-19-10-13-42-12-3-4-16-50(42)51/h3-39H,1-2H3. The van der Waals surface area contributed by atoms with Gasteiger partial charge < -0.3 is 9.32 Å². The average molecular weight is 806 g/mol. The van der Waals surface area contributed by atoms with E-state index in [0.717, 1.165) is 50.1 Å². The van der Waals surface area contributed by atoms with Gasteiger partial charge in [-0.15, -0.1) is 0 Å². The van der Waals surface area contributed by atoms with E-state index in [9.17, 15) is 0 Å². The molecule has 0 unspecified atom stereocenters. The molecule has 0 radical (unpaired) electrons. The lowest BCUT2D eigenvalue weighted by atomic mass is 9.81. The van der Waals surface area contributed by atoms with Gasteiger partial charge in [0.25, 0.3) is 0 Å². The summed E-state index contributed by atoms with van der Waals surface area (Å²) in [5.41, 5.74) is 20.0. The summed E-state index contributed by atoms with van der Waals surface area (Å²) in [4.78, 5) is 2.36. The van der Waals surface area contributed by atoms with Gasteiger partial charge in [-0.1, -0.05) is 178 Å². The molecule has 1 heterocycles. The molecule has 0 saturated carbocycles. The van der Waals surface area contributed by atoms with Crippen molar-refractivity contribution >= 4 is 49.8 Å². The van der Waals surface area contributed by atoms with E-state index in [1.165, 1.54) is 66.4 Å². The molecule has 10 aromatic carbocycles. The molecule has 0 fully saturated rings. The highest BCUT2D eigenvalue weighted by Gasteiger charge is 2.35. The second kappa shape index (κ2) is 14.6. The molecule has 0 spiro atoms. The van der Waals surface area contributed by atoms with Crippen LogP contribution < -0.4 is 4.90 Å². The average Bonchev–Trinajstić information content (AvgIpc) is 3.84. The topological polar surface area (TPSA) is 16.4 Å². The molecule has 63 heavy (non-hydrogen) atoms. The molecule has 0 atom stereocenters. The van der Waals surface area contributed by atoms with Crippen molar-refractivity contribution in [3.8, 4) is 55.6 Å². The van der Waals surface area contributed by atoms with E-state index >= 15 is 0 Å². The zero-order chi connectivity index (χ0) is 42.1. The van der Waals surface area contributed by atoms with Crippen molar-refractivity contribution < 1.29 is 4.42 Å². The van der Waals surface area contributed by atoms with Crippen LogP contribution in [0, 0.1) is 0 Å². The van der Waals surface area contributed by atoms with Crippen LogP contribution in [0.4, 0.5) is 17.1 Å². The van der Waals surface area contributed by atoms with Crippen molar-refractivity contribution in [2.45, 2.75) is 19.3 Å². The smallest absolute Gasteiger partial charge is 0.136 e. The summed E-state index contributed by atoms with van der Waals surface area (Å²) in [6, 6.07) is 81.6. The van der Waals surface area contributed by atoms with Crippen LogP contribution in [0.25, 0.3) is 88.3 Å². The van der Waals surface area contributed by atoms with Gasteiger partial charge in [0.2, 0.25) is 0 Å². The molecule has 12 rings (SSSR count). The van der Waals surface area contributed by atoms with Gasteiger partial charge in [-0.3, -0.25) is 0 Å². The predicted molar refractivity (Wildman–Crippen MR) is 265 cm³/mol. The van der Waals surface area contributed by atoms with Crippen molar-refractivity contribution in [3.63, 3.8) is 0 Å². The van der Waals surface area contributed by atoms with E-state index in [4.69, 9.17) is 4.42 Å². The van der Waals surface area contributed by atoms with Crippen molar-refractivity contribution in [3.05, 3.63) is 236 Å². The lowest BCUT2D eigenvalue weighted by Gasteiger charge is -2.26. The minimum absolute atomic E-state index is 0.0511. The maximum atomic E-state index is 6.26. The fourth-order valence-corrected chi connectivity index (χ4v) is 10.1. The number of benzene rings is 10. The quantitative estimate of drug-likeness (QED) is 0.160. The molecule has 1 aliphatic carbocycles. The summed E-state index contributed by atoms with van der Waals surface area (Å²) < 4.78 is 6.26. The molecule has 0 bridgehead atoms. The Morgan fingerprint density at radius 3 is 1.60 bits per heavy atom. The monoisotopic (exact) mass is 805 g/mol. The van der Waals surface area contributed by atoms with Crippen LogP contribution in [0.5, 0.6) is 0 Å². The Morgan fingerprint density at radius 2 is 0.841 bits per heavy atom. The number of nitrogens with zero attached hydrogens (tertiary/aromatic N) is 1. The van der Waals surface area contributed by atoms with E-state index in [1.54, 1.807) is 0 Å². The summed E-state index contributed by atoms with van der Waals surface area (Å²) in [6.45, 7) is 4.69. The summed E-state index contributed by atoms with van der Waals surface area (Å²) in [7, 11) is 0. The maximum Gasteiger partial charge on any atom is 0.136 e. The van der Waals surface area contributed by atoms with Crippen LogP contribution in [0.2, 0.25) is 0 Å². The minimum atomic E-state index is -0.0511. The van der Waals surface area contributed by atoms with E-state index in [1.807, 2.05) is 12.1 Å². The molecule has 1 aliphatic rings. The molecular formula is C61H43NO. The molecule has 1 aromatic heterocycles. The Bertz CT molecular complexity index is 3510. The van der Waals surface area contributed by atoms with Crippen molar-refractivity contribution in [1.29, 1.82) is 0 Å². The van der Waals surface area contributed by atoms with E-state index in [2.05, 4.69) is 231 Å². The minimum Gasteiger partial charge on any atom is -0.456 e. The summed E-state index contributed by atoms with van der Waals surface area (Å²) in [6.07, 6.45) is 0. The highest BCUT2D eigenvalue weighted by Crippen LogP contribution is 2.50. The van der Waals surface area contributed by atoms with Gasteiger partial charge in [0.15, 0.2) is 0 Å². The molecule has 0 aliphatic heterocycles. The molecule has 298 valence electrons. The highest BCUT2D eigenvalue weighted by molar-refractivity contribution is 6.12. The molecule has 2 nitrogen and oxygen atoms in total. The molecule has 2 heteroatoms. The Hall–Kier alpha value is -7.94. The number of fused-ring (bicyclic) bond motifs is 7. The third-order valence-electron chi connectivity index (χ3n) is 13.3. The fraction of sp³-hybridized carbons (Fsp3) is 0.0492. The number of para-hydroxylation sites is 1. The third kappa shape index (κ3) is 6.17. The van der Waals surface area contributed by atoms with Gasteiger partial charge in [0.1, 0.15) is 11.2 Å². The number of furan rings is 1. The van der Waals surface area contributed by atoms with Crippen molar-refractivity contribution in [1.82, 2.24) is 0 Å². The van der Waals surface area contributed by atoms with Crippen LogP contribution in [0.15, 0.2) is 229 Å². The first-order valence-corrected chi connectivity index (χ1v) is 21.8. The van der Waals surface area contributed by atoms with Gasteiger partial charge in [0.05, 0.1) is 0 Å². The summed E-state index contributed by atoms with van der Waals surface area (Å²) in [5.74, 6) is 0. The van der Waals surface area contributed by atoms with Gasteiger partial charge in [-0.2, -0.15) is 0 Å². The van der Waals surface area contributed by atoms with Crippen LogP contribution in [-0.2, 0) is 5.41 Å². The first-order chi connectivity index (χ1) is 31.0. The van der Waals surface area contributed by atoms with Crippen LogP contribution in [-0.4, -0.2) is 0 Å². The van der Waals surface area contributed by atoms with Crippen LogP contribution in [0.3, 0.4) is 0 Å². The second-order valence-corrected chi connectivity index (χ2v) is 17.3. The number of anilines is 3. The van der Waals surface area contributed by atoms with Gasteiger partial charge in [-0.25, -0.2) is 0 Å². The third-order valence-corrected chi connectivity index (χ3v) is 13.3. The molecule has 0 saturated heterocycles. The molecule has 0 N–H and O–H groups in total. The lowest BCUT2D eigenvalue weighted by Crippen LogP contribution is -2.14.